The minimum atomic E-state index is -4.72. The lowest BCUT2D eigenvalue weighted by atomic mass is 10.1. The molecule has 0 bridgehead atoms. The first-order chi connectivity index (χ1) is 12.3. The third kappa shape index (κ3) is 3.64. The fourth-order valence-corrected chi connectivity index (χ4v) is 2.33. The summed E-state index contributed by atoms with van der Waals surface area (Å²) in [4.78, 5) is 23.8. The molecule has 0 saturated carbocycles. The molecule has 1 amide bonds. The maximum atomic E-state index is 13.0. The van der Waals surface area contributed by atoms with Gasteiger partial charge in [-0.05, 0) is 24.3 Å². The Labute approximate surface area is 148 Å². The monoisotopic (exact) mass is 387 g/mol. The molecule has 7 nitrogen and oxygen atoms in total. The first-order valence-corrected chi connectivity index (χ1v) is 7.41. The number of rotatable bonds is 4. The number of aromatic nitrogens is 2. The van der Waals surface area contributed by atoms with E-state index in [4.69, 9.17) is 20.4 Å². The molecule has 3 rings (SSSR count). The van der Waals surface area contributed by atoms with E-state index in [9.17, 15) is 22.8 Å². The summed E-state index contributed by atoms with van der Waals surface area (Å²) in [6.45, 7) is -0.675. The zero-order valence-electron chi connectivity index (χ0n) is 12.7. The van der Waals surface area contributed by atoms with Crippen molar-refractivity contribution in [3.8, 4) is 11.7 Å². The third-order valence-corrected chi connectivity index (χ3v) is 3.53. The summed E-state index contributed by atoms with van der Waals surface area (Å²) in [5.74, 6) is -1.92. The van der Waals surface area contributed by atoms with Gasteiger partial charge < -0.3 is 14.2 Å². The number of benzene rings is 1. The van der Waals surface area contributed by atoms with Crippen molar-refractivity contribution >= 4 is 23.2 Å². The summed E-state index contributed by atoms with van der Waals surface area (Å²) in [7, 11) is 0. The molecule has 0 saturated heterocycles. The second-order valence-corrected chi connectivity index (χ2v) is 5.42. The smallest absolute Gasteiger partial charge is 0.437 e. The lowest BCUT2D eigenvalue weighted by molar-refractivity contribution is -0.137. The van der Waals surface area contributed by atoms with E-state index in [1.807, 2.05) is 5.32 Å². The van der Waals surface area contributed by atoms with E-state index < -0.39 is 35.6 Å². The van der Waals surface area contributed by atoms with Crippen molar-refractivity contribution in [1.82, 2.24) is 9.78 Å². The summed E-state index contributed by atoms with van der Waals surface area (Å²) in [5, 5.41) is 5.51. The Morgan fingerprint density at radius 2 is 2.04 bits per heavy atom. The quantitative estimate of drug-likeness (QED) is 0.741. The standard InChI is InChI=1S/C15H9ClF3N3O4/c16-9-4-1-3-8(15(17,18)19)12(9)20-11(23)7-22-14(24)26-13(21-22)10-5-2-6-25-10/h1-6H,7H2,(H,20,23). The first kappa shape index (κ1) is 17.8. The molecule has 0 aliphatic carbocycles. The Morgan fingerprint density at radius 1 is 1.27 bits per heavy atom. The molecule has 2 aromatic heterocycles. The van der Waals surface area contributed by atoms with Gasteiger partial charge in [-0.25, -0.2) is 4.79 Å². The van der Waals surface area contributed by atoms with Crippen molar-refractivity contribution in [3.05, 3.63) is 57.7 Å². The van der Waals surface area contributed by atoms with E-state index in [1.165, 1.54) is 24.5 Å². The summed E-state index contributed by atoms with van der Waals surface area (Å²) in [6.07, 6.45) is -3.39. The van der Waals surface area contributed by atoms with E-state index in [0.717, 1.165) is 12.1 Å². The highest BCUT2D eigenvalue weighted by atomic mass is 35.5. The van der Waals surface area contributed by atoms with Gasteiger partial charge in [0.2, 0.25) is 5.91 Å². The minimum absolute atomic E-state index is 0.159. The SMILES string of the molecule is O=C(Cn1nc(-c2ccco2)oc1=O)Nc1c(Cl)cccc1C(F)(F)F. The second kappa shape index (κ2) is 6.71. The molecule has 3 aromatic rings. The summed E-state index contributed by atoms with van der Waals surface area (Å²) >= 11 is 5.76. The maximum Gasteiger partial charge on any atom is 0.437 e. The molecule has 11 heteroatoms. The molecule has 1 aromatic carbocycles. The molecule has 136 valence electrons. The van der Waals surface area contributed by atoms with Crippen LogP contribution in [0.2, 0.25) is 5.02 Å². The molecule has 0 aliphatic heterocycles. The zero-order chi connectivity index (χ0) is 18.9. The molecule has 2 heterocycles. The number of carbonyl (C=O) groups is 1. The topological polar surface area (TPSA) is 90.3 Å². The molecule has 1 N–H and O–H groups in total. The van der Waals surface area contributed by atoms with Crippen LogP contribution < -0.4 is 11.1 Å². The van der Waals surface area contributed by atoms with Gasteiger partial charge in [0.05, 0.1) is 22.5 Å². The fraction of sp³-hybridized carbons (Fsp3) is 0.133. The summed E-state index contributed by atoms with van der Waals surface area (Å²) in [5.41, 5.74) is -1.71. The van der Waals surface area contributed by atoms with Crippen LogP contribution in [0.4, 0.5) is 18.9 Å². The Kier molecular flexibility index (Phi) is 4.60. The molecule has 0 unspecified atom stereocenters. The fourth-order valence-electron chi connectivity index (χ4n) is 2.11. The molecule has 0 spiro atoms. The van der Waals surface area contributed by atoms with Crippen LogP contribution >= 0.6 is 11.6 Å². The number of nitrogens with one attached hydrogen (secondary N) is 1. The van der Waals surface area contributed by atoms with Crippen molar-refractivity contribution in [2.75, 3.05) is 5.32 Å². The van der Waals surface area contributed by atoms with Crippen molar-refractivity contribution in [2.45, 2.75) is 12.7 Å². The van der Waals surface area contributed by atoms with Crippen LogP contribution in [-0.2, 0) is 17.5 Å². The van der Waals surface area contributed by atoms with Crippen molar-refractivity contribution < 1.29 is 26.8 Å². The van der Waals surface area contributed by atoms with Gasteiger partial charge in [0, 0.05) is 0 Å². The predicted molar refractivity (Wildman–Crippen MR) is 83.5 cm³/mol. The van der Waals surface area contributed by atoms with Gasteiger partial charge in [-0.3, -0.25) is 4.79 Å². The molecular formula is C15H9ClF3N3O4. The second-order valence-electron chi connectivity index (χ2n) is 5.02. The van der Waals surface area contributed by atoms with Gasteiger partial charge in [0.1, 0.15) is 6.54 Å². The van der Waals surface area contributed by atoms with Gasteiger partial charge in [-0.1, -0.05) is 17.7 Å². The van der Waals surface area contributed by atoms with Crippen LogP contribution in [0.3, 0.4) is 0 Å². The number of amides is 1. The van der Waals surface area contributed by atoms with E-state index >= 15 is 0 Å². The number of hydrogen-bond acceptors (Lipinski definition) is 5. The van der Waals surface area contributed by atoms with Crippen LogP contribution in [0, 0.1) is 0 Å². The lowest BCUT2D eigenvalue weighted by Crippen LogP contribution is -2.27. The highest BCUT2D eigenvalue weighted by Gasteiger charge is 2.34. The van der Waals surface area contributed by atoms with Gasteiger partial charge in [-0.2, -0.15) is 17.9 Å². The number of alkyl halides is 3. The Balaban J connectivity index is 1.82. The molecule has 0 atom stereocenters. The highest BCUT2D eigenvalue weighted by Crippen LogP contribution is 2.38. The molecular weight excluding hydrogens is 379 g/mol. The normalized spacial score (nSPS) is 11.5. The van der Waals surface area contributed by atoms with Gasteiger partial charge in [0.25, 0.3) is 5.89 Å². The van der Waals surface area contributed by atoms with Crippen LogP contribution in [0.1, 0.15) is 5.56 Å². The number of nitrogens with zero attached hydrogens (tertiary/aromatic N) is 2. The highest BCUT2D eigenvalue weighted by molar-refractivity contribution is 6.34. The molecule has 26 heavy (non-hydrogen) atoms. The number of carbonyl (C=O) groups excluding carboxylic acids is 1. The number of halogens is 4. The van der Waals surface area contributed by atoms with E-state index in [1.54, 1.807) is 0 Å². The largest absolute Gasteiger partial charge is 0.459 e. The van der Waals surface area contributed by atoms with Crippen LogP contribution in [-0.4, -0.2) is 15.7 Å². The summed E-state index contributed by atoms with van der Waals surface area (Å²) in [6, 6.07) is 6.10. The Morgan fingerprint density at radius 3 is 2.69 bits per heavy atom. The van der Waals surface area contributed by atoms with Crippen molar-refractivity contribution in [2.24, 2.45) is 0 Å². The van der Waals surface area contributed by atoms with E-state index in [0.29, 0.717) is 4.68 Å². The van der Waals surface area contributed by atoms with Gasteiger partial charge in [0.15, 0.2) is 5.76 Å². The van der Waals surface area contributed by atoms with Crippen LogP contribution in [0.15, 0.2) is 50.2 Å². The average molecular weight is 388 g/mol. The minimum Gasteiger partial charge on any atom is -0.459 e. The Bertz CT molecular complexity index is 992. The van der Waals surface area contributed by atoms with Crippen LogP contribution in [0.5, 0.6) is 0 Å². The van der Waals surface area contributed by atoms with Crippen LogP contribution in [0.25, 0.3) is 11.7 Å². The van der Waals surface area contributed by atoms with Gasteiger partial charge in [-0.15, -0.1) is 5.10 Å². The number of para-hydroxylation sites is 1. The number of furan rings is 1. The molecule has 0 fully saturated rings. The average Bonchev–Trinajstić information content (AvgIpc) is 3.19. The molecule has 0 aliphatic rings. The maximum absolute atomic E-state index is 13.0. The third-order valence-electron chi connectivity index (χ3n) is 3.22. The zero-order valence-corrected chi connectivity index (χ0v) is 13.5. The summed E-state index contributed by atoms with van der Waals surface area (Å²) < 4.78 is 49.6. The van der Waals surface area contributed by atoms with Gasteiger partial charge >= 0.3 is 11.9 Å². The van der Waals surface area contributed by atoms with Crippen molar-refractivity contribution in [3.63, 3.8) is 0 Å². The Hall–Kier alpha value is -3.01. The number of hydrogen-bond donors (Lipinski definition) is 1. The van der Waals surface area contributed by atoms with E-state index in [-0.39, 0.29) is 16.7 Å². The number of anilines is 1. The van der Waals surface area contributed by atoms with E-state index in [2.05, 4.69) is 5.10 Å². The predicted octanol–water partition coefficient (Wildman–Crippen LogP) is 3.41. The first-order valence-electron chi connectivity index (χ1n) is 7.03. The molecule has 0 radical (unpaired) electrons. The lowest BCUT2D eigenvalue weighted by Gasteiger charge is -2.14. The van der Waals surface area contributed by atoms with Crippen molar-refractivity contribution in [1.29, 1.82) is 0 Å².